The van der Waals surface area contributed by atoms with E-state index in [-0.39, 0.29) is 17.5 Å². The van der Waals surface area contributed by atoms with Crippen molar-refractivity contribution >= 4 is 21.6 Å². The minimum absolute atomic E-state index is 0.0216. The predicted octanol–water partition coefficient (Wildman–Crippen LogP) is 4.34. The Morgan fingerprint density at radius 2 is 1.63 bits per heavy atom. The molecule has 0 saturated carbocycles. The summed E-state index contributed by atoms with van der Waals surface area (Å²) in [7, 11) is 0. The minimum Gasteiger partial charge on any atom is -0.508 e. The molecule has 0 aliphatic heterocycles. The van der Waals surface area contributed by atoms with Crippen molar-refractivity contribution in [2.24, 2.45) is 0 Å². The summed E-state index contributed by atoms with van der Waals surface area (Å²) in [5, 5.41) is 22.3. The first-order chi connectivity index (χ1) is 8.94. The van der Waals surface area contributed by atoms with Crippen LogP contribution in [0.2, 0.25) is 0 Å². The number of nitrogens with one attached hydrogen (secondary N) is 1. The summed E-state index contributed by atoms with van der Waals surface area (Å²) in [5.41, 5.74) is 2.97. The van der Waals surface area contributed by atoms with Crippen LogP contribution in [-0.4, -0.2) is 10.2 Å². The SMILES string of the molecule is Cc1cc(Br)cc(NC(C)c2cc(O)cc(O)c2)c1. The number of rotatable bonds is 3. The maximum atomic E-state index is 9.50. The van der Waals surface area contributed by atoms with Crippen molar-refractivity contribution < 1.29 is 10.2 Å². The Hall–Kier alpha value is -1.68. The summed E-state index contributed by atoms with van der Waals surface area (Å²) in [4.78, 5) is 0. The molecule has 4 heteroatoms. The van der Waals surface area contributed by atoms with Gasteiger partial charge < -0.3 is 15.5 Å². The van der Waals surface area contributed by atoms with E-state index in [0.717, 1.165) is 21.3 Å². The van der Waals surface area contributed by atoms with Crippen LogP contribution in [0.1, 0.15) is 24.1 Å². The van der Waals surface area contributed by atoms with Gasteiger partial charge in [-0.3, -0.25) is 0 Å². The number of hydrogen-bond acceptors (Lipinski definition) is 3. The van der Waals surface area contributed by atoms with Crippen LogP contribution >= 0.6 is 15.9 Å². The van der Waals surface area contributed by atoms with Crippen molar-refractivity contribution in [1.82, 2.24) is 0 Å². The molecule has 0 heterocycles. The fourth-order valence-electron chi connectivity index (χ4n) is 2.02. The molecule has 1 unspecified atom stereocenters. The summed E-state index contributed by atoms with van der Waals surface area (Å²) in [5.74, 6) is 0.128. The summed E-state index contributed by atoms with van der Waals surface area (Å²) in [6.45, 7) is 4.01. The van der Waals surface area contributed by atoms with Gasteiger partial charge in [0.25, 0.3) is 0 Å². The third kappa shape index (κ3) is 3.64. The molecule has 0 aromatic heterocycles. The minimum atomic E-state index is -0.0216. The van der Waals surface area contributed by atoms with Gasteiger partial charge in [0.05, 0.1) is 0 Å². The van der Waals surface area contributed by atoms with Crippen molar-refractivity contribution in [2.45, 2.75) is 19.9 Å². The van der Waals surface area contributed by atoms with Gasteiger partial charge in [-0.15, -0.1) is 0 Å². The predicted molar refractivity (Wildman–Crippen MR) is 80.7 cm³/mol. The van der Waals surface area contributed by atoms with Gasteiger partial charge in [0.15, 0.2) is 0 Å². The largest absolute Gasteiger partial charge is 0.508 e. The first-order valence-corrected chi connectivity index (χ1v) is 6.80. The molecule has 2 aromatic rings. The lowest BCUT2D eigenvalue weighted by atomic mass is 10.1. The van der Waals surface area contributed by atoms with Gasteiger partial charge in [0.2, 0.25) is 0 Å². The second kappa shape index (κ2) is 5.53. The van der Waals surface area contributed by atoms with E-state index >= 15 is 0 Å². The molecule has 2 aromatic carbocycles. The first-order valence-electron chi connectivity index (χ1n) is 6.00. The third-order valence-corrected chi connectivity index (χ3v) is 3.31. The lowest BCUT2D eigenvalue weighted by Gasteiger charge is -2.17. The highest BCUT2D eigenvalue weighted by atomic mass is 79.9. The molecule has 0 spiro atoms. The van der Waals surface area contributed by atoms with Crippen molar-refractivity contribution in [3.8, 4) is 11.5 Å². The second-order valence-electron chi connectivity index (χ2n) is 4.67. The lowest BCUT2D eigenvalue weighted by molar-refractivity contribution is 0.448. The highest BCUT2D eigenvalue weighted by Gasteiger charge is 2.08. The number of phenolic OH excluding ortho intramolecular Hbond substituents is 2. The van der Waals surface area contributed by atoms with Gasteiger partial charge in [0.1, 0.15) is 11.5 Å². The van der Waals surface area contributed by atoms with Gasteiger partial charge in [-0.25, -0.2) is 0 Å². The summed E-state index contributed by atoms with van der Waals surface area (Å²) < 4.78 is 1.01. The number of hydrogen-bond donors (Lipinski definition) is 3. The molecule has 3 nitrogen and oxygen atoms in total. The summed E-state index contributed by atoms with van der Waals surface area (Å²) in [6, 6.07) is 10.7. The maximum absolute atomic E-state index is 9.50. The molecule has 0 aliphatic carbocycles. The van der Waals surface area contributed by atoms with Gasteiger partial charge in [0, 0.05) is 22.3 Å². The molecule has 0 bridgehead atoms. The van der Waals surface area contributed by atoms with E-state index in [4.69, 9.17) is 0 Å². The van der Waals surface area contributed by atoms with Gasteiger partial charge in [-0.2, -0.15) is 0 Å². The van der Waals surface area contributed by atoms with E-state index in [9.17, 15) is 10.2 Å². The number of halogens is 1. The van der Waals surface area contributed by atoms with Crippen LogP contribution < -0.4 is 5.32 Å². The first kappa shape index (κ1) is 13.7. The van der Waals surface area contributed by atoms with Crippen LogP contribution in [0.5, 0.6) is 11.5 Å². The topological polar surface area (TPSA) is 52.5 Å². The highest BCUT2D eigenvalue weighted by molar-refractivity contribution is 9.10. The molecule has 19 heavy (non-hydrogen) atoms. The van der Waals surface area contributed by atoms with E-state index < -0.39 is 0 Å². The second-order valence-corrected chi connectivity index (χ2v) is 5.58. The monoisotopic (exact) mass is 321 g/mol. The smallest absolute Gasteiger partial charge is 0.119 e. The molecule has 1 atom stereocenters. The Labute approximate surface area is 121 Å². The molecule has 0 amide bonds. The van der Waals surface area contributed by atoms with Crippen molar-refractivity contribution in [2.75, 3.05) is 5.32 Å². The lowest BCUT2D eigenvalue weighted by Crippen LogP contribution is -2.06. The molecule has 0 saturated heterocycles. The zero-order valence-electron chi connectivity index (χ0n) is 10.8. The Kier molecular flexibility index (Phi) is 4.00. The van der Waals surface area contributed by atoms with E-state index in [0.29, 0.717) is 0 Å². The summed E-state index contributed by atoms with van der Waals surface area (Å²) in [6.07, 6.45) is 0. The van der Waals surface area contributed by atoms with Crippen LogP contribution in [0.3, 0.4) is 0 Å². The summed E-state index contributed by atoms with van der Waals surface area (Å²) >= 11 is 3.46. The van der Waals surface area contributed by atoms with E-state index in [1.165, 1.54) is 6.07 Å². The molecule has 0 aliphatic rings. The number of phenols is 2. The Balaban J connectivity index is 2.22. The molecule has 0 fully saturated rings. The van der Waals surface area contributed by atoms with Gasteiger partial charge >= 0.3 is 0 Å². The van der Waals surface area contributed by atoms with Crippen LogP contribution in [0.15, 0.2) is 40.9 Å². The molecule has 0 radical (unpaired) electrons. The van der Waals surface area contributed by atoms with Crippen LogP contribution in [0.25, 0.3) is 0 Å². The zero-order chi connectivity index (χ0) is 14.0. The fraction of sp³-hybridized carbons (Fsp3) is 0.200. The van der Waals surface area contributed by atoms with E-state index in [2.05, 4.69) is 21.2 Å². The van der Waals surface area contributed by atoms with Gasteiger partial charge in [-0.1, -0.05) is 15.9 Å². The zero-order valence-corrected chi connectivity index (χ0v) is 12.4. The van der Waals surface area contributed by atoms with Crippen LogP contribution in [-0.2, 0) is 0 Å². The highest BCUT2D eigenvalue weighted by Crippen LogP contribution is 2.28. The maximum Gasteiger partial charge on any atom is 0.119 e. The Bertz CT molecular complexity index is 558. The Morgan fingerprint density at radius 3 is 2.21 bits per heavy atom. The van der Waals surface area contributed by atoms with Crippen LogP contribution in [0, 0.1) is 6.92 Å². The average molecular weight is 322 g/mol. The fourth-order valence-corrected chi connectivity index (χ4v) is 2.63. The number of aromatic hydroxyl groups is 2. The molecule has 100 valence electrons. The van der Waals surface area contributed by atoms with E-state index in [1.807, 2.05) is 32.0 Å². The number of benzene rings is 2. The Morgan fingerprint density at radius 1 is 1.00 bits per heavy atom. The van der Waals surface area contributed by atoms with Crippen molar-refractivity contribution in [3.63, 3.8) is 0 Å². The van der Waals surface area contributed by atoms with E-state index in [1.54, 1.807) is 12.1 Å². The molecule has 2 rings (SSSR count). The third-order valence-electron chi connectivity index (χ3n) is 2.85. The molecule has 3 N–H and O–H groups in total. The molecular formula is C15H16BrNO2. The van der Waals surface area contributed by atoms with Crippen molar-refractivity contribution in [1.29, 1.82) is 0 Å². The van der Waals surface area contributed by atoms with Crippen LogP contribution in [0.4, 0.5) is 5.69 Å². The normalized spacial score (nSPS) is 12.2. The average Bonchev–Trinajstić information content (AvgIpc) is 2.25. The van der Waals surface area contributed by atoms with Crippen molar-refractivity contribution in [3.05, 3.63) is 52.0 Å². The number of anilines is 1. The number of aryl methyl sites for hydroxylation is 1. The van der Waals surface area contributed by atoms with Gasteiger partial charge in [-0.05, 0) is 55.3 Å². The molecular weight excluding hydrogens is 306 g/mol. The standard InChI is InChI=1S/C15H16BrNO2/c1-9-3-12(16)7-13(4-9)17-10(2)11-5-14(18)8-15(19)6-11/h3-8,10,17-19H,1-2H3. The quantitative estimate of drug-likeness (QED) is 0.788.